The Morgan fingerprint density at radius 2 is 2.40 bits per heavy atom. The van der Waals surface area contributed by atoms with E-state index in [-0.39, 0.29) is 5.82 Å². The van der Waals surface area contributed by atoms with Crippen molar-refractivity contribution >= 4 is 21.9 Å². The normalized spacial score (nSPS) is 14.7. The van der Waals surface area contributed by atoms with Gasteiger partial charge in [-0.05, 0) is 18.2 Å². The number of rotatable bonds is 2. The third kappa shape index (κ3) is 2.68. The summed E-state index contributed by atoms with van der Waals surface area (Å²) >= 11 is 3.31. The van der Waals surface area contributed by atoms with E-state index in [9.17, 15) is 4.39 Å². The molecule has 3 nitrogen and oxygen atoms in total. The van der Waals surface area contributed by atoms with Gasteiger partial charge in [0.1, 0.15) is 5.82 Å². The van der Waals surface area contributed by atoms with Gasteiger partial charge in [0.05, 0.1) is 6.54 Å². The molecule has 0 aliphatic carbocycles. The highest BCUT2D eigenvalue weighted by atomic mass is 79.9. The second-order valence-corrected chi connectivity index (χ2v) is 4.16. The molecule has 0 saturated heterocycles. The molecule has 80 valence electrons. The van der Waals surface area contributed by atoms with Crippen molar-refractivity contribution in [1.29, 1.82) is 0 Å². The molecule has 5 heteroatoms. The average molecular weight is 272 g/mol. The van der Waals surface area contributed by atoms with E-state index in [2.05, 4.69) is 31.6 Å². The number of benzene rings is 1. The first-order chi connectivity index (χ1) is 7.25. The predicted molar refractivity (Wildman–Crippen MR) is 61.2 cm³/mol. The lowest BCUT2D eigenvalue weighted by molar-refractivity contribution is 0.605. The molecule has 0 bridgehead atoms. The van der Waals surface area contributed by atoms with Gasteiger partial charge >= 0.3 is 0 Å². The first-order valence-corrected chi connectivity index (χ1v) is 5.51. The zero-order chi connectivity index (χ0) is 10.7. The van der Waals surface area contributed by atoms with Crippen LogP contribution in [0.5, 0.6) is 0 Å². The van der Waals surface area contributed by atoms with E-state index in [0.29, 0.717) is 12.1 Å². The third-order valence-electron chi connectivity index (χ3n) is 2.13. The maximum Gasteiger partial charge on any atom is 0.191 e. The maximum absolute atomic E-state index is 13.3. The van der Waals surface area contributed by atoms with Crippen LogP contribution in [-0.4, -0.2) is 19.0 Å². The van der Waals surface area contributed by atoms with Crippen LogP contribution in [0.3, 0.4) is 0 Å². The fraction of sp³-hybridized carbons (Fsp3) is 0.300. The minimum Gasteiger partial charge on any atom is -0.355 e. The first kappa shape index (κ1) is 10.4. The van der Waals surface area contributed by atoms with E-state index in [1.54, 1.807) is 12.1 Å². The lowest BCUT2D eigenvalue weighted by atomic mass is 10.2. The fourth-order valence-corrected chi connectivity index (χ4v) is 1.78. The molecular formula is C10H11BrFN3. The monoisotopic (exact) mass is 271 g/mol. The smallest absolute Gasteiger partial charge is 0.191 e. The van der Waals surface area contributed by atoms with Crippen molar-refractivity contribution in [3.8, 4) is 0 Å². The quantitative estimate of drug-likeness (QED) is 0.858. The number of guanidine groups is 1. The molecule has 0 fully saturated rings. The topological polar surface area (TPSA) is 36.4 Å². The molecule has 1 aliphatic heterocycles. The molecule has 0 spiro atoms. The largest absolute Gasteiger partial charge is 0.355 e. The van der Waals surface area contributed by atoms with Crippen LogP contribution in [0.2, 0.25) is 0 Å². The van der Waals surface area contributed by atoms with Crippen molar-refractivity contribution in [1.82, 2.24) is 10.6 Å². The van der Waals surface area contributed by atoms with Gasteiger partial charge in [-0.25, -0.2) is 4.39 Å². The van der Waals surface area contributed by atoms with E-state index in [0.717, 1.165) is 23.5 Å². The van der Waals surface area contributed by atoms with Crippen LogP contribution in [0.4, 0.5) is 4.39 Å². The first-order valence-electron chi connectivity index (χ1n) is 4.72. The number of halogens is 2. The van der Waals surface area contributed by atoms with E-state index < -0.39 is 0 Å². The van der Waals surface area contributed by atoms with E-state index in [1.807, 2.05) is 0 Å². The predicted octanol–water partition coefficient (Wildman–Crippen LogP) is 1.64. The summed E-state index contributed by atoms with van der Waals surface area (Å²) in [5.74, 6) is 0.540. The van der Waals surface area contributed by atoms with Gasteiger partial charge in [0.15, 0.2) is 5.96 Å². The minimum absolute atomic E-state index is 0.204. The van der Waals surface area contributed by atoms with Crippen LogP contribution < -0.4 is 10.6 Å². The summed E-state index contributed by atoms with van der Waals surface area (Å²) in [7, 11) is 0. The summed E-state index contributed by atoms with van der Waals surface area (Å²) in [5, 5.41) is 6.11. The number of nitrogens with one attached hydrogen (secondary N) is 2. The van der Waals surface area contributed by atoms with Crippen molar-refractivity contribution in [3.05, 3.63) is 34.1 Å². The second kappa shape index (κ2) is 4.61. The molecule has 0 atom stereocenters. The van der Waals surface area contributed by atoms with Crippen LogP contribution in [0.25, 0.3) is 0 Å². The van der Waals surface area contributed by atoms with Gasteiger partial charge in [-0.3, -0.25) is 4.99 Å². The molecule has 1 aromatic rings. The second-order valence-electron chi connectivity index (χ2n) is 3.25. The lowest BCUT2D eigenvalue weighted by Crippen LogP contribution is -2.33. The van der Waals surface area contributed by atoms with Gasteiger partial charge < -0.3 is 10.6 Å². The Labute approximate surface area is 95.9 Å². The molecule has 0 unspecified atom stereocenters. The Balaban J connectivity index is 2.00. The minimum atomic E-state index is -0.204. The van der Waals surface area contributed by atoms with Gasteiger partial charge in [-0.1, -0.05) is 15.9 Å². The van der Waals surface area contributed by atoms with Crippen molar-refractivity contribution in [2.24, 2.45) is 4.99 Å². The van der Waals surface area contributed by atoms with Crippen LogP contribution in [0.15, 0.2) is 27.7 Å². The molecule has 2 rings (SSSR count). The van der Waals surface area contributed by atoms with Gasteiger partial charge in [-0.15, -0.1) is 0 Å². The van der Waals surface area contributed by atoms with E-state index >= 15 is 0 Å². The van der Waals surface area contributed by atoms with Gasteiger partial charge in [0, 0.05) is 23.1 Å². The van der Waals surface area contributed by atoms with Gasteiger partial charge in [-0.2, -0.15) is 0 Å². The lowest BCUT2D eigenvalue weighted by Gasteiger charge is -2.07. The van der Waals surface area contributed by atoms with Crippen LogP contribution >= 0.6 is 15.9 Å². The summed E-state index contributed by atoms with van der Waals surface area (Å²) in [6.45, 7) is 2.07. The highest BCUT2D eigenvalue weighted by Crippen LogP contribution is 2.15. The molecular weight excluding hydrogens is 261 g/mol. The molecule has 0 aromatic heterocycles. The zero-order valence-electron chi connectivity index (χ0n) is 8.06. The van der Waals surface area contributed by atoms with E-state index in [1.165, 1.54) is 6.07 Å². The number of aliphatic imine (C=N–C) groups is 1. The molecule has 2 N–H and O–H groups in total. The maximum atomic E-state index is 13.3. The molecule has 0 saturated carbocycles. The summed E-state index contributed by atoms with van der Waals surface area (Å²) in [5.41, 5.74) is 0.626. The summed E-state index contributed by atoms with van der Waals surface area (Å²) in [6.07, 6.45) is 0. The van der Waals surface area contributed by atoms with Gasteiger partial charge in [0.2, 0.25) is 0 Å². The van der Waals surface area contributed by atoms with Gasteiger partial charge in [0.25, 0.3) is 0 Å². The Bertz CT molecular complexity index is 392. The Morgan fingerprint density at radius 1 is 1.53 bits per heavy atom. The summed E-state index contributed by atoms with van der Waals surface area (Å²) in [6, 6.07) is 4.90. The number of nitrogens with zero attached hydrogens (tertiary/aromatic N) is 1. The van der Waals surface area contributed by atoms with Crippen molar-refractivity contribution in [3.63, 3.8) is 0 Å². The third-order valence-corrected chi connectivity index (χ3v) is 2.62. The van der Waals surface area contributed by atoms with Crippen LogP contribution in [0.1, 0.15) is 5.56 Å². The van der Waals surface area contributed by atoms with Crippen LogP contribution in [-0.2, 0) is 6.54 Å². The standard InChI is InChI=1S/C10H11BrFN3/c11-8-1-2-9(12)7(5-8)6-15-10-13-3-4-14-10/h1-2,5H,3-4,6H2,(H2,13,14,15). The highest BCUT2D eigenvalue weighted by Gasteiger charge is 2.06. The molecule has 1 heterocycles. The molecule has 0 amide bonds. The average Bonchev–Trinajstić information content (AvgIpc) is 2.72. The zero-order valence-corrected chi connectivity index (χ0v) is 9.64. The van der Waals surface area contributed by atoms with Crippen molar-refractivity contribution in [2.75, 3.05) is 13.1 Å². The number of hydrogen-bond acceptors (Lipinski definition) is 3. The van der Waals surface area contributed by atoms with E-state index in [4.69, 9.17) is 0 Å². The summed E-state index contributed by atoms with van der Waals surface area (Å²) in [4.78, 5) is 4.16. The molecule has 0 radical (unpaired) electrons. The fourth-order valence-electron chi connectivity index (χ4n) is 1.37. The SMILES string of the molecule is Fc1ccc(Br)cc1CNC1=NCCN1. The van der Waals surface area contributed by atoms with Crippen molar-refractivity contribution < 1.29 is 4.39 Å². The number of hydrogen-bond donors (Lipinski definition) is 2. The molecule has 1 aliphatic rings. The Hall–Kier alpha value is -1.10. The van der Waals surface area contributed by atoms with Crippen LogP contribution in [0, 0.1) is 5.82 Å². The highest BCUT2D eigenvalue weighted by molar-refractivity contribution is 9.10. The Kier molecular flexibility index (Phi) is 3.20. The van der Waals surface area contributed by atoms with Crippen molar-refractivity contribution in [2.45, 2.75) is 6.54 Å². The summed E-state index contributed by atoms with van der Waals surface area (Å²) < 4.78 is 14.2. The molecule has 15 heavy (non-hydrogen) atoms. The Morgan fingerprint density at radius 3 is 3.13 bits per heavy atom. The molecule has 1 aromatic carbocycles.